The fourth-order valence-corrected chi connectivity index (χ4v) is 3.41. The van der Waals surface area contributed by atoms with Gasteiger partial charge in [0, 0.05) is 12.6 Å². The molecule has 1 unspecified atom stereocenters. The highest BCUT2D eigenvalue weighted by atomic mass is 32.1. The Morgan fingerprint density at radius 1 is 1.50 bits per heavy atom. The average Bonchev–Trinajstić information content (AvgIpc) is 3.09. The van der Waals surface area contributed by atoms with E-state index in [1.807, 2.05) is 17.5 Å². The van der Waals surface area contributed by atoms with Crippen LogP contribution in [0, 0.1) is 5.92 Å². The number of aromatic nitrogens is 1. The van der Waals surface area contributed by atoms with Crippen molar-refractivity contribution in [2.45, 2.75) is 32.4 Å². The number of rotatable bonds is 4. The zero-order valence-corrected chi connectivity index (χ0v) is 12.6. The van der Waals surface area contributed by atoms with Crippen LogP contribution < -0.4 is 5.73 Å². The van der Waals surface area contributed by atoms with Crippen molar-refractivity contribution in [3.8, 4) is 10.8 Å². The van der Waals surface area contributed by atoms with Crippen LogP contribution in [0.3, 0.4) is 0 Å². The van der Waals surface area contributed by atoms with Crippen molar-refractivity contribution in [3.05, 3.63) is 29.5 Å². The van der Waals surface area contributed by atoms with E-state index in [1.165, 1.54) is 12.8 Å². The zero-order valence-electron chi connectivity index (χ0n) is 11.8. The number of hydrogen-bond acceptors (Lipinski definition) is 5. The number of likely N-dealkylation sites (tertiary alicyclic amines) is 1. The summed E-state index contributed by atoms with van der Waals surface area (Å²) in [6.45, 7) is 5.20. The Kier molecular flexibility index (Phi) is 4.19. The SMILES string of the molecule is CC(N)C1CCN(Cc2coc(-c3cccs3)n2)CC1. The molecular formula is C15H21N3OS. The number of nitrogens with two attached hydrogens (primary N) is 1. The molecule has 0 amide bonds. The lowest BCUT2D eigenvalue weighted by Gasteiger charge is -2.33. The van der Waals surface area contributed by atoms with Crippen LogP contribution in [0.2, 0.25) is 0 Å². The van der Waals surface area contributed by atoms with Crippen molar-refractivity contribution in [2.24, 2.45) is 11.7 Å². The predicted molar refractivity (Wildman–Crippen MR) is 81.5 cm³/mol. The van der Waals surface area contributed by atoms with Crippen molar-refractivity contribution in [2.75, 3.05) is 13.1 Å². The topological polar surface area (TPSA) is 55.3 Å². The Morgan fingerprint density at radius 3 is 2.95 bits per heavy atom. The standard InChI is InChI=1S/C15H21N3OS/c1-11(16)12-4-6-18(7-5-12)9-13-10-19-15(17-13)14-3-2-8-20-14/h2-3,8,10-12H,4-7,9,16H2,1H3. The van der Waals surface area contributed by atoms with E-state index in [4.69, 9.17) is 10.2 Å². The van der Waals surface area contributed by atoms with Crippen molar-refractivity contribution in [1.82, 2.24) is 9.88 Å². The molecule has 5 heteroatoms. The summed E-state index contributed by atoms with van der Waals surface area (Å²) in [4.78, 5) is 8.11. The maximum absolute atomic E-state index is 5.98. The summed E-state index contributed by atoms with van der Waals surface area (Å²) < 4.78 is 5.56. The number of nitrogens with zero attached hydrogens (tertiary/aromatic N) is 2. The summed E-state index contributed by atoms with van der Waals surface area (Å²) in [5, 5.41) is 2.04. The highest BCUT2D eigenvalue weighted by Crippen LogP contribution is 2.25. The van der Waals surface area contributed by atoms with E-state index in [0.29, 0.717) is 12.0 Å². The molecule has 1 aliphatic heterocycles. The summed E-state index contributed by atoms with van der Waals surface area (Å²) in [7, 11) is 0. The number of thiophene rings is 1. The van der Waals surface area contributed by atoms with Gasteiger partial charge in [0.05, 0.1) is 10.6 Å². The van der Waals surface area contributed by atoms with E-state index in [9.17, 15) is 0 Å². The molecule has 1 saturated heterocycles. The van der Waals surface area contributed by atoms with E-state index in [2.05, 4.69) is 16.8 Å². The fraction of sp³-hybridized carbons (Fsp3) is 0.533. The van der Waals surface area contributed by atoms with Gasteiger partial charge in [0.2, 0.25) is 5.89 Å². The zero-order chi connectivity index (χ0) is 13.9. The van der Waals surface area contributed by atoms with Gasteiger partial charge < -0.3 is 10.2 Å². The molecule has 0 bridgehead atoms. The molecular weight excluding hydrogens is 270 g/mol. The third-order valence-corrected chi connectivity index (χ3v) is 4.90. The molecule has 2 N–H and O–H groups in total. The minimum atomic E-state index is 0.314. The van der Waals surface area contributed by atoms with E-state index in [1.54, 1.807) is 17.6 Å². The molecule has 0 aliphatic carbocycles. The monoisotopic (exact) mass is 291 g/mol. The molecule has 2 aromatic rings. The highest BCUT2D eigenvalue weighted by Gasteiger charge is 2.22. The summed E-state index contributed by atoms with van der Waals surface area (Å²) in [6, 6.07) is 4.37. The fourth-order valence-electron chi connectivity index (χ4n) is 2.76. The maximum atomic E-state index is 5.98. The van der Waals surface area contributed by atoms with Crippen LogP contribution >= 0.6 is 11.3 Å². The first-order chi connectivity index (χ1) is 9.72. The summed E-state index contributed by atoms with van der Waals surface area (Å²) in [5.74, 6) is 1.41. The van der Waals surface area contributed by atoms with Crippen LogP contribution in [0.1, 0.15) is 25.5 Å². The van der Waals surface area contributed by atoms with Gasteiger partial charge in [0.25, 0.3) is 0 Å². The van der Waals surface area contributed by atoms with Gasteiger partial charge in [-0.2, -0.15) is 0 Å². The summed E-state index contributed by atoms with van der Waals surface area (Å²) in [5.41, 5.74) is 7.00. The van der Waals surface area contributed by atoms with Gasteiger partial charge in [-0.15, -0.1) is 11.3 Å². The molecule has 1 atom stereocenters. The van der Waals surface area contributed by atoms with Crippen molar-refractivity contribution in [1.29, 1.82) is 0 Å². The first-order valence-corrected chi connectivity index (χ1v) is 8.06. The van der Waals surface area contributed by atoms with E-state index in [-0.39, 0.29) is 0 Å². The molecule has 2 aromatic heterocycles. The maximum Gasteiger partial charge on any atom is 0.236 e. The average molecular weight is 291 g/mol. The van der Waals surface area contributed by atoms with Gasteiger partial charge in [-0.05, 0) is 50.2 Å². The second-order valence-electron chi connectivity index (χ2n) is 5.59. The van der Waals surface area contributed by atoms with Crippen LogP contribution in [0.5, 0.6) is 0 Å². The van der Waals surface area contributed by atoms with Crippen molar-refractivity contribution < 1.29 is 4.42 Å². The normalized spacial score (nSPS) is 19.3. The molecule has 1 aliphatic rings. The molecule has 20 heavy (non-hydrogen) atoms. The minimum absolute atomic E-state index is 0.314. The summed E-state index contributed by atoms with van der Waals surface area (Å²) in [6.07, 6.45) is 4.16. The van der Waals surface area contributed by atoms with Gasteiger partial charge in [0.15, 0.2) is 0 Å². The van der Waals surface area contributed by atoms with Crippen LogP contribution in [0.15, 0.2) is 28.2 Å². The third kappa shape index (κ3) is 3.11. The van der Waals surface area contributed by atoms with Crippen LogP contribution in [0.25, 0.3) is 10.8 Å². The Bertz CT molecular complexity index is 527. The number of oxazole rings is 1. The molecule has 108 valence electrons. The molecule has 0 spiro atoms. The van der Waals surface area contributed by atoms with Crippen LogP contribution in [-0.4, -0.2) is 29.0 Å². The highest BCUT2D eigenvalue weighted by molar-refractivity contribution is 7.13. The van der Waals surface area contributed by atoms with E-state index in [0.717, 1.165) is 36.1 Å². The second kappa shape index (κ2) is 6.08. The molecule has 0 radical (unpaired) electrons. The van der Waals surface area contributed by atoms with Crippen molar-refractivity contribution >= 4 is 11.3 Å². The molecule has 1 fully saturated rings. The van der Waals surface area contributed by atoms with Gasteiger partial charge in [-0.25, -0.2) is 4.98 Å². The van der Waals surface area contributed by atoms with E-state index >= 15 is 0 Å². The van der Waals surface area contributed by atoms with Crippen molar-refractivity contribution in [3.63, 3.8) is 0 Å². The Balaban J connectivity index is 1.57. The largest absolute Gasteiger partial charge is 0.444 e. The molecule has 3 rings (SSSR count). The first-order valence-electron chi connectivity index (χ1n) is 7.18. The van der Waals surface area contributed by atoms with Gasteiger partial charge in [-0.1, -0.05) is 6.07 Å². The van der Waals surface area contributed by atoms with Gasteiger partial charge in [-0.3, -0.25) is 4.90 Å². The quantitative estimate of drug-likeness (QED) is 0.941. The Morgan fingerprint density at radius 2 is 2.30 bits per heavy atom. The van der Waals surface area contributed by atoms with Crippen LogP contribution in [-0.2, 0) is 6.54 Å². The smallest absolute Gasteiger partial charge is 0.236 e. The lowest BCUT2D eigenvalue weighted by atomic mass is 9.91. The predicted octanol–water partition coefficient (Wildman–Crippen LogP) is 2.96. The lowest BCUT2D eigenvalue weighted by molar-refractivity contribution is 0.164. The first kappa shape index (κ1) is 13.8. The Labute approximate surface area is 123 Å². The van der Waals surface area contributed by atoms with Gasteiger partial charge >= 0.3 is 0 Å². The van der Waals surface area contributed by atoms with Gasteiger partial charge in [0.1, 0.15) is 6.26 Å². The van der Waals surface area contributed by atoms with Crippen LogP contribution in [0.4, 0.5) is 0 Å². The number of hydrogen-bond donors (Lipinski definition) is 1. The Hall–Kier alpha value is -1.17. The minimum Gasteiger partial charge on any atom is -0.444 e. The molecule has 4 nitrogen and oxygen atoms in total. The number of piperidine rings is 1. The lowest BCUT2D eigenvalue weighted by Crippen LogP contribution is -2.39. The molecule has 0 saturated carbocycles. The third-order valence-electron chi connectivity index (χ3n) is 4.05. The molecule has 0 aromatic carbocycles. The summed E-state index contributed by atoms with van der Waals surface area (Å²) >= 11 is 1.66. The van der Waals surface area contributed by atoms with E-state index < -0.39 is 0 Å². The second-order valence-corrected chi connectivity index (χ2v) is 6.54. The molecule has 3 heterocycles.